The molecule has 72 heavy (non-hydrogen) atoms. The lowest BCUT2D eigenvalue weighted by molar-refractivity contribution is 0.0965. The molecule has 0 spiro atoms. The monoisotopic (exact) mass is 921 g/mol. The molecule has 0 aliphatic heterocycles. The highest BCUT2D eigenvalue weighted by Gasteiger charge is 2.58. The number of nitrogens with zero attached hydrogens (tertiary/aromatic N) is 1. The highest BCUT2D eigenvalue weighted by Crippen LogP contribution is 2.67. The lowest BCUT2D eigenvalue weighted by Gasteiger charge is -2.53. The second-order valence-corrected chi connectivity index (χ2v) is 22.4. The molecule has 1 nitrogen and oxygen atoms in total. The van der Waals surface area contributed by atoms with Gasteiger partial charge in [0.1, 0.15) is 0 Å². The van der Waals surface area contributed by atoms with Crippen LogP contribution in [0.25, 0.3) is 126 Å². The summed E-state index contributed by atoms with van der Waals surface area (Å²) in [7, 11) is 0. The van der Waals surface area contributed by atoms with Crippen LogP contribution < -0.4 is 0 Å². The van der Waals surface area contributed by atoms with Crippen LogP contribution in [0.1, 0.15) is 52.7 Å². The summed E-state index contributed by atoms with van der Waals surface area (Å²) >= 11 is 0. The van der Waals surface area contributed by atoms with Crippen molar-refractivity contribution in [2.45, 2.75) is 47.0 Å². The lowest BCUT2D eigenvalue weighted by atomic mass is 9.49. The molecule has 1 heterocycles. The number of aromatic nitrogens is 1. The molecule has 1 aromatic heterocycles. The van der Waals surface area contributed by atoms with E-state index in [0.717, 1.165) is 0 Å². The smallest absolute Gasteiger partial charge is 0.0541 e. The summed E-state index contributed by atoms with van der Waals surface area (Å²) in [6, 6.07) is 84.5. The van der Waals surface area contributed by atoms with Crippen LogP contribution in [0.5, 0.6) is 0 Å². The first-order valence-corrected chi connectivity index (χ1v) is 25.7. The van der Waals surface area contributed by atoms with Gasteiger partial charge >= 0.3 is 0 Å². The molecule has 0 saturated carbocycles. The van der Waals surface area contributed by atoms with Crippen molar-refractivity contribution in [1.29, 1.82) is 0 Å². The molecule has 0 saturated heterocycles. The quantitative estimate of drug-likeness (QED) is 0.122. The van der Waals surface area contributed by atoms with Gasteiger partial charge in [-0.3, -0.25) is 0 Å². The van der Waals surface area contributed by atoms with Crippen molar-refractivity contribution in [2.24, 2.45) is 10.8 Å². The van der Waals surface area contributed by atoms with Crippen molar-refractivity contribution in [1.82, 2.24) is 4.57 Å². The van der Waals surface area contributed by atoms with E-state index in [1.807, 2.05) is 0 Å². The second-order valence-electron chi connectivity index (χ2n) is 22.4. The molecule has 13 aromatic rings. The Morgan fingerprint density at radius 1 is 0.306 bits per heavy atom. The number of benzene rings is 12. The van der Waals surface area contributed by atoms with Crippen LogP contribution in [-0.2, 0) is 5.41 Å². The van der Waals surface area contributed by atoms with Crippen LogP contribution >= 0.6 is 0 Å². The largest absolute Gasteiger partial charge is 0.309 e. The first-order chi connectivity index (χ1) is 35.0. The Bertz CT molecular complexity index is 4310. The third kappa shape index (κ3) is 5.88. The summed E-state index contributed by atoms with van der Waals surface area (Å²) < 4.78 is 2.40. The van der Waals surface area contributed by atoms with E-state index in [-0.39, 0.29) is 16.2 Å². The van der Waals surface area contributed by atoms with Gasteiger partial charge in [-0.15, -0.1) is 0 Å². The summed E-state index contributed by atoms with van der Waals surface area (Å²) in [5.41, 5.74) is 16.3. The first-order valence-electron chi connectivity index (χ1n) is 25.7. The van der Waals surface area contributed by atoms with E-state index in [2.05, 4.69) is 271 Å². The minimum Gasteiger partial charge on any atom is -0.309 e. The van der Waals surface area contributed by atoms with E-state index in [4.69, 9.17) is 0 Å². The highest BCUT2D eigenvalue weighted by atomic mass is 15.0. The third-order valence-electron chi connectivity index (χ3n) is 16.6. The molecule has 1 aliphatic carbocycles. The summed E-state index contributed by atoms with van der Waals surface area (Å²) in [5, 5.41) is 15.5. The molecular formula is C71H55N. The Hall–Kier alpha value is -8.26. The Morgan fingerprint density at radius 3 is 1.39 bits per heavy atom. The fourth-order valence-corrected chi connectivity index (χ4v) is 14.2. The molecule has 1 heteroatoms. The molecule has 14 rings (SSSR count). The topological polar surface area (TPSA) is 4.93 Å². The van der Waals surface area contributed by atoms with Crippen LogP contribution in [0.4, 0.5) is 0 Å². The summed E-state index contributed by atoms with van der Waals surface area (Å²) in [6.07, 6.45) is 0. The van der Waals surface area contributed by atoms with E-state index in [0.29, 0.717) is 0 Å². The van der Waals surface area contributed by atoms with Crippen molar-refractivity contribution in [3.8, 4) is 50.2 Å². The SMILES string of the molecule is CC(C)(C)C1(C(C)(C)C)c2cc3ccccc3cc2-c2c1c1ccc(-c3ccc(-c4c5ccccc5c(-c5ccc6c(c5)c5ccccc5n6-c5ccccc5)c5ccccc45)cc3)cc1c1ccccc21. The lowest BCUT2D eigenvalue weighted by Crippen LogP contribution is -2.50. The van der Waals surface area contributed by atoms with Gasteiger partial charge in [-0.25, -0.2) is 0 Å². The number of fused-ring (bicyclic) bond motifs is 14. The van der Waals surface area contributed by atoms with Gasteiger partial charge in [-0.2, -0.15) is 0 Å². The number of para-hydroxylation sites is 2. The fraction of sp³-hybridized carbons (Fsp3) is 0.127. The van der Waals surface area contributed by atoms with E-state index < -0.39 is 0 Å². The average molecular weight is 922 g/mol. The molecule has 1 aliphatic rings. The Kier molecular flexibility index (Phi) is 9.09. The molecule has 0 bridgehead atoms. The van der Waals surface area contributed by atoms with Gasteiger partial charge in [0.15, 0.2) is 0 Å². The van der Waals surface area contributed by atoms with Crippen LogP contribution in [0.15, 0.2) is 224 Å². The molecule has 0 fully saturated rings. The third-order valence-corrected chi connectivity index (χ3v) is 16.6. The highest BCUT2D eigenvalue weighted by molar-refractivity contribution is 6.23. The molecule has 12 aromatic carbocycles. The van der Waals surface area contributed by atoms with Crippen LogP contribution in [0, 0.1) is 10.8 Å². The predicted octanol–water partition coefficient (Wildman–Crippen LogP) is 19.9. The number of rotatable bonds is 4. The molecule has 0 unspecified atom stereocenters. The van der Waals surface area contributed by atoms with Gasteiger partial charge in [0.25, 0.3) is 0 Å². The fourth-order valence-electron chi connectivity index (χ4n) is 14.2. The van der Waals surface area contributed by atoms with Gasteiger partial charge < -0.3 is 4.57 Å². The van der Waals surface area contributed by atoms with Gasteiger partial charge in [0.2, 0.25) is 0 Å². The van der Waals surface area contributed by atoms with Crippen molar-refractivity contribution in [3.05, 3.63) is 236 Å². The maximum absolute atomic E-state index is 2.53. The van der Waals surface area contributed by atoms with Crippen molar-refractivity contribution in [2.75, 3.05) is 0 Å². The minimum atomic E-state index is -0.267. The molecular weight excluding hydrogens is 867 g/mol. The van der Waals surface area contributed by atoms with Gasteiger partial charge in [-0.1, -0.05) is 217 Å². The van der Waals surface area contributed by atoms with E-state index in [1.165, 1.54) is 137 Å². The van der Waals surface area contributed by atoms with Crippen molar-refractivity contribution < 1.29 is 0 Å². The van der Waals surface area contributed by atoms with Crippen LogP contribution in [0.2, 0.25) is 0 Å². The maximum atomic E-state index is 2.53. The minimum absolute atomic E-state index is 0.0953. The number of hydrogen-bond acceptors (Lipinski definition) is 0. The van der Waals surface area contributed by atoms with Crippen LogP contribution in [0.3, 0.4) is 0 Å². The average Bonchev–Trinajstić information content (AvgIpc) is 3.92. The molecule has 0 N–H and O–H groups in total. The zero-order valence-corrected chi connectivity index (χ0v) is 41.8. The molecule has 0 radical (unpaired) electrons. The van der Waals surface area contributed by atoms with Gasteiger partial charge in [0, 0.05) is 21.9 Å². The van der Waals surface area contributed by atoms with Gasteiger partial charge in [0.05, 0.1) is 11.0 Å². The summed E-state index contributed by atoms with van der Waals surface area (Å²) in [6.45, 7) is 14.8. The molecule has 0 atom stereocenters. The molecule has 344 valence electrons. The number of hydrogen-bond donors (Lipinski definition) is 0. The Morgan fingerprint density at radius 2 is 0.764 bits per heavy atom. The maximum Gasteiger partial charge on any atom is 0.0541 e. The van der Waals surface area contributed by atoms with Gasteiger partial charge in [-0.05, 0) is 169 Å². The van der Waals surface area contributed by atoms with Crippen molar-refractivity contribution in [3.63, 3.8) is 0 Å². The zero-order chi connectivity index (χ0) is 48.7. The Balaban J connectivity index is 0.931. The van der Waals surface area contributed by atoms with E-state index >= 15 is 0 Å². The zero-order valence-electron chi connectivity index (χ0n) is 41.8. The van der Waals surface area contributed by atoms with E-state index in [1.54, 1.807) is 0 Å². The predicted molar refractivity (Wildman–Crippen MR) is 310 cm³/mol. The summed E-state index contributed by atoms with van der Waals surface area (Å²) in [4.78, 5) is 0. The summed E-state index contributed by atoms with van der Waals surface area (Å²) in [5.74, 6) is 0. The van der Waals surface area contributed by atoms with Crippen LogP contribution in [-0.4, -0.2) is 4.57 Å². The standard InChI is InChI=1S/C71H55N/c1-69(2,3)71(70(4,5)6)62-43-47-21-11-10-20-46(47)41-61(62)67-53-26-13-12-24-51(53)59-40-48(36-38-58(59)68(67)71)44-32-34-45(35-33-44)65-54-27-14-16-29-56(54)66(57-30-17-15-28-55(57)65)49-37-39-64-60(42-49)52-25-18-19-31-63(52)72(64)50-22-8-7-9-23-50/h7-43H,1-6H3. The first kappa shape index (κ1) is 42.6. The van der Waals surface area contributed by atoms with E-state index in [9.17, 15) is 0 Å². The molecule has 0 amide bonds. The Labute approximate surface area is 421 Å². The second kappa shape index (κ2) is 15.4. The van der Waals surface area contributed by atoms with Crippen molar-refractivity contribution >= 4 is 75.7 Å². The normalized spacial score (nSPS) is 13.5.